The fourth-order valence-corrected chi connectivity index (χ4v) is 3.32. The number of primary amides is 1. The van der Waals surface area contributed by atoms with Crippen LogP contribution in [0.5, 0.6) is 0 Å². The van der Waals surface area contributed by atoms with E-state index in [9.17, 15) is 9.18 Å². The second-order valence-electron chi connectivity index (χ2n) is 6.02. The number of hydrogen-bond acceptors (Lipinski definition) is 4. The summed E-state index contributed by atoms with van der Waals surface area (Å²) in [6.45, 7) is 3.83. The molecule has 0 radical (unpaired) electrons. The molecule has 1 aromatic heterocycles. The molecule has 2 N–H and O–H groups in total. The van der Waals surface area contributed by atoms with Gasteiger partial charge in [-0.2, -0.15) is 0 Å². The van der Waals surface area contributed by atoms with Crippen molar-refractivity contribution < 1.29 is 9.18 Å². The Labute approximate surface area is 151 Å². The molecule has 0 spiro atoms. The lowest BCUT2D eigenvalue weighted by Gasteiger charge is -2.36. The molecule has 2 heterocycles. The molecule has 132 valence electrons. The van der Waals surface area contributed by atoms with Crippen LogP contribution >= 0.6 is 11.6 Å². The number of hydrogen-bond donors (Lipinski definition) is 1. The molecular formula is C18H20ClFN4O. The summed E-state index contributed by atoms with van der Waals surface area (Å²) >= 11 is 6.08. The van der Waals surface area contributed by atoms with Crippen LogP contribution in [-0.2, 0) is 6.42 Å². The highest BCUT2D eigenvalue weighted by atomic mass is 35.5. The van der Waals surface area contributed by atoms with Gasteiger partial charge in [0, 0.05) is 49.5 Å². The van der Waals surface area contributed by atoms with Gasteiger partial charge in [0.25, 0.3) is 5.91 Å². The number of carbonyl (C=O) groups excluding carboxylic acids is 1. The largest absolute Gasteiger partial charge is 0.365 e. The number of piperazine rings is 1. The van der Waals surface area contributed by atoms with E-state index < -0.39 is 5.91 Å². The van der Waals surface area contributed by atoms with Crippen LogP contribution in [0.2, 0.25) is 5.02 Å². The van der Waals surface area contributed by atoms with Gasteiger partial charge >= 0.3 is 0 Å². The Balaban J connectivity index is 1.59. The summed E-state index contributed by atoms with van der Waals surface area (Å²) in [6, 6.07) is 8.16. The van der Waals surface area contributed by atoms with Gasteiger partial charge in [-0.3, -0.25) is 9.69 Å². The topological polar surface area (TPSA) is 62.5 Å². The minimum Gasteiger partial charge on any atom is -0.365 e. The molecular weight excluding hydrogens is 343 g/mol. The van der Waals surface area contributed by atoms with Crippen LogP contribution in [0.15, 0.2) is 36.5 Å². The molecule has 2 aromatic rings. The maximum Gasteiger partial charge on any atom is 0.252 e. The molecule has 1 aliphatic heterocycles. The number of benzene rings is 1. The Morgan fingerprint density at radius 1 is 1.20 bits per heavy atom. The zero-order valence-corrected chi connectivity index (χ0v) is 14.5. The lowest BCUT2D eigenvalue weighted by molar-refractivity contribution is 0.1000. The van der Waals surface area contributed by atoms with Crippen LogP contribution in [0, 0.1) is 5.82 Å². The van der Waals surface area contributed by atoms with Crippen LogP contribution in [0.1, 0.15) is 15.9 Å². The fourth-order valence-electron chi connectivity index (χ4n) is 3.07. The van der Waals surface area contributed by atoms with Gasteiger partial charge in [-0.25, -0.2) is 9.37 Å². The Kier molecular flexibility index (Phi) is 5.50. The summed E-state index contributed by atoms with van der Waals surface area (Å²) < 4.78 is 13.8. The molecule has 1 saturated heterocycles. The number of nitrogens with two attached hydrogens (primary N) is 1. The Bertz CT molecular complexity index is 742. The lowest BCUT2D eigenvalue weighted by Crippen LogP contribution is -2.47. The molecule has 7 heteroatoms. The Hall–Kier alpha value is -2.18. The molecule has 0 unspecified atom stereocenters. The van der Waals surface area contributed by atoms with E-state index in [1.807, 2.05) is 0 Å². The van der Waals surface area contributed by atoms with E-state index in [0.29, 0.717) is 28.4 Å². The summed E-state index contributed by atoms with van der Waals surface area (Å²) in [4.78, 5) is 20.2. The van der Waals surface area contributed by atoms with E-state index in [1.165, 1.54) is 6.07 Å². The normalized spacial score (nSPS) is 15.4. The SMILES string of the molecule is NC(=O)c1cccnc1N1CCN(CCc2c(F)cccc2Cl)CC1. The molecule has 0 saturated carbocycles. The molecule has 1 aromatic carbocycles. The summed E-state index contributed by atoms with van der Waals surface area (Å²) in [5, 5.41) is 0.471. The average molecular weight is 363 g/mol. The number of halogens is 2. The smallest absolute Gasteiger partial charge is 0.252 e. The quantitative estimate of drug-likeness (QED) is 0.886. The van der Waals surface area contributed by atoms with Crippen molar-refractivity contribution in [3.63, 3.8) is 0 Å². The molecule has 25 heavy (non-hydrogen) atoms. The van der Waals surface area contributed by atoms with Crippen LogP contribution in [0.3, 0.4) is 0 Å². The third-order valence-corrected chi connectivity index (χ3v) is 4.82. The maximum absolute atomic E-state index is 13.8. The van der Waals surface area contributed by atoms with Crippen molar-refractivity contribution in [1.82, 2.24) is 9.88 Å². The predicted molar refractivity (Wildman–Crippen MR) is 96.5 cm³/mol. The molecule has 0 bridgehead atoms. The van der Waals surface area contributed by atoms with Gasteiger partial charge in [-0.15, -0.1) is 0 Å². The van der Waals surface area contributed by atoms with Gasteiger partial charge in [0.15, 0.2) is 0 Å². The summed E-state index contributed by atoms with van der Waals surface area (Å²) in [5.74, 6) is -0.0998. The first-order valence-electron chi connectivity index (χ1n) is 8.21. The number of carbonyl (C=O) groups is 1. The lowest BCUT2D eigenvalue weighted by atomic mass is 10.1. The van der Waals surface area contributed by atoms with Gasteiger partial charge in [-0.05, 0) is 30.7 Å². The van der Waals surface area contributed by atoms with Crippen molar-refractivity contribution >= 4 is 23.3 Å². The van der Waals surface area contributed by atoms with Gasteiger partial charge in [0.2, 0.25) is 0 Å². The van der Waals surface area contributed by atoms with Gasteiger partial charge in [-0.1, -0.05) is 17.7 Å². The molecule has 0 aliphatic carbocycles. The van der Waals surface area contributed by atoms with Crippen LogP contribution < -0.4 is 10.6 Å². The number of anilines is 1. The van der Waals surface area contributed by atoms with E-state index in [1.54, 1.807) is 30.5 Å². The number of nitrogens with zero attached hydrogens (tertiary/aromatic N) is 3. The number of aromatic nitrogens is 1. The van der Waals surface area contributed by atoms with E-state index >= 15 is 0 Å². The Morgan fingerprint density at radius 3 is 2.64 bits per heavy atom. The van der Waals surface area contributed by atoms with E-state index in [-0.39, 0.29) is 5.82 Å². The highest BCUT2D eigenvalue weighted by Gasteiger charge is 2.22. The van der Waals surface area contributed by atoms with Crippen molar-refractivity contribution in [1.29, 1.82) is 0 Å². The predicted octanol–water partition coefficient (Wildman–Crippen LogP) is 2.34. The summed E-state index contributed by atoms with van der Waals surface area (Å²) in [5.41, 5.74) is 6.43. The highest BCUT2D eigenvalue weighted by molar-refractivity contribution is 6.31. The first kappa shape index (κ1) is 17.6. The molecule has 1 aliphatic rings. The second kappa shape index (κ2) is 7.80. The molecule has 0 atom stereocenters. The fraction of sp³-hybridized carbons (Fsp3) is 0.333. The monoisotopic (exact) mass is 362 g/mol. The molecule has 1 amide bonds. The second-order valence-corrected chi connectivity index (χ2v) is 6.42. The van der Waals surface area contributed by atoms with Crippen molar-refractivity contribution in [2.75, 3.05) is 37.6 Å². The minimum atomic E-state index is -0.472. The van der Waals surface area contributed by atoms with E-state index in [2.05, 4.69) is 14.8 Å². The van der Waals surface area contributed by atoms with Crippen molar-refractivity contribution in [3.05, 3.63) is 58.5 Å². The maximum atomic E-state index is 13.8. The van der Waals surface area contributed by atoms with Crippen LogP contribution in [-0.4, -0.2) is 48.5 Å². The zero-order valence-electron chi connectivity index (χ0n) is 13.8. The minimum absolute atomic E-state index is 0.259. The molecule has 3 rings (SSSR count). The Morgan fingerprint density at radius 2 is 1.96 bits per heavy atom. The average Bonchev–Trinajstić information content (AvgIpc) is 2.62. The van der Waals surface area contributed by atoms with Gasteiger partial charge in [0.1, 0.15) is 11.6 Å². The van der Waals surface area contributed by atoms with E-state index in [4.69, 9.17) is 17.3 Å². The third kappa shape index (κ3) is 4.08. The number of amides is 1. The standard InChI is InChI=1S/C18H20ClFN4O/c19-15-4-1-5-16(20)13(15)6-8-23-9-11-24(12-10-23)18-14(17(21)25)3-2-7-22-18/h1-5,7H,6,8-12H2,(H2,21,25). The van der Waals surface area contributed by atoms with Crippen LogP contribution in [0.25, 0.3) is 0 Å². The first-order chi connectivity index (χ1) is 12.1. The molecule has 5 nitrogen and oxygen atoms in total. The number of rotatable bonds is 5. The summed E-state index contributed by atoms with van der Waals surface area (Å²) in [6.07, 6.45) is 2.23. The van der Waals surface area contributed by atoms with Crippen molar-refractivity contribution in [3.8, 4) is 0 Å². The van der Waals surface area contributed by atoms with Crippen LogP contribution in [0.4, 0.5) is 10.2 Å². The third-order valence-electron chi connectivity index (χ3n) is 4.46. The van der Waals surface area contributed by atoms with Gasteiger partial charge in [0.05, 0.1) is 5.56 Å². The van der Waals surface area contributed by atoms with E-state index in [0.717, 1.165) is 32.7 Å². The first-order valence-corrected chi connectivity index (χ1v) is 8.59. The molecule has 1 fully saturated rings. The van der Waals surface area contributed by atoms with Gasteiger partial charge < -0.3 is 10.6 Å². The van der Waals surface area contributed by atoms with Crippen molar-refractivity contribution in [2.45, 2.75) is 6.42 Å². The number of pyridine rings is 1. The van der Waals surface area contributed by atoms with Crippen molar-refractivity contribution in [2.24, 2.45) is 5.73 Å². The zero-order chi connectivity index (χ0) is 17.8. The summed E-state index contributed by atoms with van der Waals surface area (Å²) in [7, 11) is 0. The highest BCUT2D eigenvalue weighted by Crippen LogP contribution is 2.21.